The number of ether oxygens (including phenoxy) is 1. The number of aromatic nitrogens is 3. The average Bonchev–Trinajstić information content (AvgIpc) is 3.76. The van der Waals surface area contributed by atoms with Gasteiger partial charge in [-0.25, -0.2) is 11.0 Å². The summed E-state index contributed by atoms with van der Waals surface area (Å²) in [5, 5.41) is 0.493. The third kappa shape index (κ3) is 4.97. The highest BCUT2D eigenvalue weighted by Gasteiger charge is 2.39. The smallest absolute Gasteiger partial charge is 0.319 e. The molecule has 1 saturated carbocycles. The molecule has 10 heteroatoms. The van der Waals surface area contributed by atoms with Gasteiger partial charge in [-0.3, -0.25) is 9.78 Å². The molecule has 44 heavy (non-hydrogen) atoms. The molecule has 228 valence electrons. The molecule has 4 atom stereocenters. The summed E-state index contributed by atoms with van der Waals surface area (Å²) in [4.78, 5) is 36.3. The third-order valence-corrected chi connectivity index (χ3v) is 10.2. The number of hydrogen-bond acceptors (Lipinski definition) is 7. The average molecular weight is 596 g/mol. The zero-order valence-corrected chi connectivity index (χ0v) is 25.2. The van der Waals surface area contributed by atoms with E-state index in [0.717, 1.165) is 37.8 Å². The zero-order chi connectivity index (χ0) is 30.4. The maximum atomic E-state index is 16.8. The number of nitrogens with zero attached hydrogens (tertiary/aromatic N) is 7. The molecule has 0 bridgehead atoms. The van der Waals surface area contributed by atoms with Crippen molar-refractivity contribution in [3.63, 3.8) is 0 Å². The van der Waals surface area contributed by atoms with Crippen LogP contribution in [0, 0.1) is 18.3 Å². The number of hydrogen-bond donors (Lipinski definition) is 0. The molecular weight excluding hydrogens is 557 g/mol. The van der Waals surface area contributed by atoms with Crippen molar-refractivity contribution in [2.24, 2.45) is 5.92 Å². The molecule has 0 N–H and O–H groups in total. The largest absolute Gasteiger partial charge is 0.462 e. The van der Waals surface area contributed by atoms with Gasteiger partial charge in [-0.2, -0.15) is 9.97 Å². The summed E-state index contributed by atoms with van der Waals surface area (Å²) in [6.45, 7) is 13.9. The molecule has 0 radical (unpaired) electrons. The highest BCUT2D eigenvalue weighted by Crippen LogP contribution is 2.51. The van der Waals surface area contributed by atoms with E-state index in [-0.39, 0.29) is 36.1 Å². The summed E-state index contributed by atoms with van der Waals surface area (Å²) >= 11 is 0. The van der Waals surface area contributed by atoms with Gasteiger partial charge in [0.2, 0.25) is 12.5 Å². The summed E-state index contributed by atoms with van der Waals surface area (Å²) < 4.78 is 22.9. The van der Waals surface area contributed by atoms with E-state index in [1.165, 1.54) is 30.0 Å². The molecule has 2 aliphatic heterocycles. The Morgan fingerprint density at radius 3 is 2.86 bits per heavy atom. The summed E-state index contributed by atoms with van der Waals surface area (Å²) in [5.74, 6) is 0.926. The van der Waals surface area contributed by atoms with Crippen molar-refractivity contribution < 1.29 is 13.9 Å². The Hall–Kier alpha value is -4.10. The maximum Gasteiger partial charge on any atom is 0.319 e. The normalized spacial score (nSPS) is 24.8. The van der Waals surface area contributed by atoms with Crippen LogP contribution in [0.2, 0.25) is 0 Å². The molecule has 4 heterocycles. The molecule has 1 amide bonds. The molecule has 2 unspecified atom stereocenters. The van der Waals surface area contributed by atoms with Gasteiger partial charge < -0.3 is 24.3 Å². The quantitative estimate of drug-likeness (QED) is 0.285. The van der Waals surface area contributed by atoms with Crippen molar-refractivity contribution in [3.05, 3.63) is 65.4 Å². The predicted molar refractivity (Wildman–Crippen MR) is 167 cm³/mol. The van der Waals surface area contributed by atoms with Gasteiger partial charge in [-0.15, -0.1) is 0 Å². The van der Waals surface area contributed by atoms with Gasteiger partial charge in [0.15, 0.2) is 5.82 Å². The van der Waals surface area contributed by atoms with E-state index >= 15 is 4.39 Å². The van der Waals surface area contributed by atoms with Crippen LogP contribution in [-0.4, -0.2) is 89.1 Å². The fourth-order valence-corrected chi connectivity index (χ4v) is 7.97. The van der Waals surface area contributed by atoms with Crippen LogP contribution in [-0.2, 0) is 11.2 Å². The summed E-state index contributed by atoms with van der Waals surface area (Å²) in [5.41, 5.74) is 3.92. The van der Waals surface area contributed by atoms with Gasteiger partial charge in [-0.1, -0.05) is 31.2 Å². The Morgan fingerprint density at radius 2 is 2.07 bits per heavy atom. The standard InChI is InChI=1S/C34H38FN7O2/c1-4-28(43)42-15-14-41(19-24(42)17-36-2)33-27-18-37-31(26-12-6-9-22-16-21-8-5-11-25(21)29(22)26)30(35)32(27)38-34(39-33)44-20-23-10-7-13-40(23)3/h4,6,9,12,18,21,23-25H,1,5,7-8,10-11,13-17,19-20H2,3H3/t21?,23-,24-,25?/m0/s1. The summed E-state index contributed by atoms with van der Waals surface area (Å²) in [6, 6.07) is 6.22. The lowest BCUT2D eigenvalue weighted by molar-refractivity contribution is -0.128. The predicted octanol–water partition coefficient (Wildman–Crippen LogP) is 4.87. The molecule has 4 aliphatic rings. The van der Waals surface area contributed by atoms with Crippen LogP contribution in [0.15, 0.2) is 37.1 Å². The number of fused-ring (bicyclic) bond motifs is 4. The lowest BCUT2D eigenvalue weighted by atomic mass is 9.91. The first-order valence-corrected chi connectivity index (χ1v) is 15.8. The Bertz CT molecular complexity index is 1650. The number of pyridine rings is 1. The number of halogens is 1. The molecule has 0 spiro atoms. The first-order valence-electron chi connectivity index (χ1n) is 15.8. The highest BCUT2D eigenvalue weighted by molar-refractivity contribution is 5.93. The van der Waals surface area contributed by atoms with Gasteiger partial charge in [0.05, 0.1) is 5.39 Å². The first-order chi connectivity index (χ1) is 21.5. The molecular formula is C34H38FN7O2. The summed E-state index contributed by atoms with van der Waals surface area (Å²) in [6.07, 6.45) is 9.72. The topological polar surface area (TPSA) is 79.1 Å². The third-order valence-electron chi connectivity index (χ3n) is 10.2. The van der Waals surface area contributed by atoms with E-state index < -0.39 is 5.82 Å². The Balaban J connectivity index is 1.30. The summed E-state index contributed by atoms with van der Waals surface area (Å²) in [7, 11) is 2.08. The second kappa shape index (κ2) is 11.8. The number of piperazine rings is 1. The lowest BCUT2D eigenvalue weighted by Gasteiger charge is -2.39. The second-order valence-electron chi connectivity index (χ2n) is 12.7. The number of likely N-dealkylation sites (tertiary alicyclic amines) is 1. The molecule has 2 aromatic heterocycles. The number of likely N-dealkylation sites (N-methyl/N-ethyl adjacent to an activating group) is 1. The van der Waals surface area contributed by atoms with Gasteiger partial charge in [0.25, 0.3) is 0 Å². The fraction of sp³-hybridized carbons (Fsp3) is 0.500. The van der Waals surface area contributed by atoms with E-state index in [4.69, 9.17) is 21.3 Å². The van der Waals surface area contributed by atoms with Gasteiger partial charge in [0, 0.05) is 37.4 Å². The fourth-order valence-electron chi connectivity index (χ4n) is 7.97. The van der Waals surface area contributed by atoms with E-state index in [1.807, 2.05) is 17.0 Å². The van der Waals surface area contributed by atoms with Gasteiger partial charge >= 0.3 is 6.01 Å². The minimum Gasteiger partial charge on any atom is -0.462 e. The van der Waals surface area contributed by atoms with Crippen LogP contribution < -0.4 is 9.64 Å². The monoisotopic (exact) mass is 595 g/mol. The maximum absolute atomic E-state index is 16.8. The molecule has 9 nitrogen and oxygen atoms in total. The first kappa shape index (κ1) is 28.7. The molecule has 2 saturated heterocycles. The van der Waals surface area contributed by atoms with Crippen molar-refractivity contribution in [1.29, 1.82) is 0 Å². The molecule has 3 aromatic rings. The zero-order valence-electron chi connectivity index (χ0n) is 25.2. The Morgan fingerprint density at radius 1 is 1.18 bits per heavy atom. The van der Waals surface area contributed by atoms with Crippen molar-refractivity contribution in [2.75, 3.05) is 51.3 Å². The molecule has 3 fully saturated rings. The van der Waals surface area contributed by atoms with Crippen LogP contribution >= 0.6 is 0 Å². The van der Waals surface area contributed by atoms with E-state index in [0.29, 0.717) is 55.0 Å². The van der Waals surface area contributed by atoms with E-state index in [1.54, 1.807) is 11.1 Å². The number of amides is 1. The SMILES string of the molecule is [C-]#[N+]C[C@H]1CN(c2nc(OC[C@@H]3CCCN3C)nc3c(F)c(-c4cccc5c4C4CCCC4C5)ncc23)CCN1C(=O)C=C. The Labute approximate surface area is 257 Å². The van der Waals surface area contributed by atoms with Crippen LogP contribution in [0.5, 0.6) is 6.01 Å². The number of anilines is 1. The van der Waals surface area contributed by atoms with Gasteiger partial charge in [0.1, 0.15) is 29.7 Å². The van der Waals surface area contributed by atoms with Gasteiger partial charge in [-0.05, 0) is 74.7 Å². The number of benzene rings is 1. The molecule has 1 aromatic carbocycles. The molecule has 7 rings (SSSR count). The van der Waals surface area contributed by atoms with Crippen LogP contribution in [0.1, 0.15) is 49.1 Å². The van der Waals surface area contributed by atoms with E-state index in [9.17, 15) is 4.79 Å². The number of carbonyl (C=O) groups excluding carboxylic acids is 1. The number of rotatable bonds is 7. The van der Waals surface area contributed by atoms with Crippen molar-refractivity contribution in [2.45, 2.75) is 56.5 Å². The van der Waals surface area contributed by atoms with Crippen LogP contribution in [0.4, 0.5) is 10.2 Å². The van der Waals surface area contributed by atoms with Crippen molar-refractivity contribution >= 4 is 22.6 Å². The lowest BCUT2D eigenvalue weighted by Crippen LogP contribution is -2.56. The minimum atomic E-state index is -0.470. The van der Waals surface area contributed by atoms with Crippen molar-refractivity contribution in [1.82, 2.24) is 24.8 Å². The van der Waals surface area contributed by atoms with Crippen molar-refractivity contribution in [3.8, 4) is 17.3 Å². The van der Waals surface area contributed by atoms with Crippen LogP contribution in [0.3, 0.4) is 0 Å². The highest BCUT2D eigenvalue weighted by atomic mass is 19.1. The number of carbonyl (C=O) groups is 1. The minimum absolute atomic E-state index is 0.129. The van der Waals surface area contributed by atoms with Crippen LogP contribution in [0.25, 0.3) is 27.0 Å². The van der Waals surface area contributed by atoms with E-state index in [2.05, 4.69) is 34.4 Å². The molecule has 2 aliphatic carbocycles. The second-order valence-corrected chi connectivity index (χ2v) is 12.7. The Kier molecular flexibility index (Phi) is 7.67.